The molecule has 4 nitrogen and oxygen atoms in total. The Morgan fingerprint density at radius 3 is 2.55 bits per heavy atom. The first kappa shape index (κ1) is 17.4. The van der Waals surface area contributed by atoms with Gasteiger partial charge in [0.2, 0.25) is 5.91 Å². The fourth-order valence-corrected chi connectivity index (χ4v) is 2.80. The molecule has 0 aromatic rings. The molecule has 2 N–H and O–H groups in total. The molecule has 1 rings (SSSR count). The van der Waals surface area contributed by atoms with Crippen LogP contribution in [0, 0.1) is 0 Å². The van der Waals surface area contributed by atoms with E-state index in [2.05, 4.69) is 16.7 Å². The maximum absolute atomic E-state index is 12.2. The summed E-state index contributed by atoms with van der Waals surface area (Å²) in [5.74, 6) is 0.363. The second kappa shape index (κ2) is 11.1. The fraction of sp³-hybridized carbons (Fsp3) is 0.938. The average Bonchev–Trinajstić information content (AvgIpc) is 2.70. The Kier molecular flexibility index (Phi) is 9.67. The molecule has 0 radical (unpaired) electrons. The predicted octanol–water partition coefficient (Wildman–Crippen LogP) is 2.23. The zero-order valence-corrected chi connectivity index (χ0v) is 13.3. The molecule has 1 aliphatic heterocycles. The second-order valence-electron chi connectivity index (χ2n) is 5.88. The monoisotopic (exact) mass is 283 g/mol. The van der Waals surface area contributed by atoms with Gasteiger partial charge in [-0.15, -0.1) is 0 Å². The van der Waals surface area contributed by atoms with Crippen molar-refractivity contribution in [1.82, 2.24) is 9.80 Å². The summed E-state index contributed by atoms with van der Waals surface area (Å²) in [7, 11) is 0. The third-order valence-corrected chi connectivity index (χ3v) is 4.11. The van der Waals surface area contributed by atoms with Gasteiger partial charge in [-0.05, 0) is 38.9 Å². The minimum Gasteiger partial charge on any atom is -0.341 e. The third-order valence-electron chi connectivity index (χ3n) is 4.11. The molecule has 0 aliphatic carbocycles. The minimum absolute atomic E-state index is 0.363. The fourth-order valence-electron chi connectivity index (χ4n) is 2.80. The molecule has 0 spiro atoms. The van der Waals surface area contributed by atoms with Crippen LogP contribution in [0.3, 0.4) is 0 Å². The largest absolute Gasteiger partial charge is 0.341 e. The van der Waals surface area contributed by atoms with Gasteiger partial charge in [-0.25, -0.2) is 0 Å². The van der Waals surface area contributed by atoms with Crippen molar-refractivity contribution in [3.63, 3.8) is 0 Å². The van der Waals surface area contributed by atoms with Gasteiger partial charge in [-0.3, -0.25) is 4.79 Å². The molecule has 0 aromatic carbocycles. The summed E-state index contributed by atoms with van der Waals surface area (Å²) in [6.45, 7) is 8.03. The van der Waals surface area contributed by atoms with E-state index in [1.165, 1.54) is 25.7 Å². The number of unbranched alkanes of at least 4 members (excludes halogenated alkanes) is 4. The van der Waals surface area contributed by atoms with Gasteiger partial charge < -0.3 is 15.5 Å². The molecule has 118 valence electrons. The molecule has 1 saturated heterocycles. The number of nitrogens with zero attached hydrogens (tertiary/aromatic N) is 2. The van der Waals surface area contributed by atoms with Gasteiger partial charge in [-0.1, -0.05) is 32.6 Å². The van der Waals surface area contributed by atoms with Crippen LogP contribution in [0.25, 0.3) is 0 Å². The van der Waals surface area contributed by atoms with E-state index in [0.717, 1.165) is 65.0 Å². The topological polar surface area (TPSA) is 49.6 Å². The number of nitrogens with two attached hydrogens (primary N) is 1. The number of hydrogen-bond acceptors (Lipinski definition) is 3. The minimum atomic E-state index is 0.363. The SMILES string of the molecule is CCCCCCCC(=O)N1CCCN(CCCN)CC1. The van der Waals surface area contributed by atoms with Crippen molar-refractivity contribution < 1.29 is 4.79 Å². The van der Waals surface area contributed by atoms with Gasteiger partial charge in [0.05, 0.1) is 0 Å². The number of rotatable bonds is 9. The first-order chi connectivity index (χ1) is 9.77. The highest BCUT2D eigenvalue weighted by Gasteiger charge is 2.18. The van der Waals surface area contributed by atoms with E-state index in [9.17, 15) is 4.79 Å². The number of hydrogen-bond donors (Lipinski definition) is 1. The molecule has 0 atom stereocenters. The van der Waals surface area contributed by atoms with Crippen molar-refractivity contribution in [3.8, 4) is 0 Å². The Balaban J connectivity index is 2.17. The second-order valence-corrected chi connectivity index (χ2v) is 5.88. The van der Waals surface area contributed by atoms with Gasteiger partial charge in [0, 0.05) is 26.1 Å². The lowest BCUT2D eigenvalue weighted by Gasteiger charge is -2.22. The zero-order chi connectivity index (χ0) is 14.6. The quantitative estimate of drug-likeness (QED) is 0.660. The van der Waals surface area contributed by atoms with Crippen LogP contribution in [0.1, 0.15) is 58.3 Å². The van der Waals surface area contributed by atoms with Crippen LogP contribution < -0.4 is 5.73 Å². The van der Waals surface area contributed by atoms with Crippen molar-refractivity contribution in [2.24, 2.45) is 5.73 Å². The molecule has 4 heteroatoms. The summed E-state index contributed by atoms with van der Waals surface area (Å²) in [4.78, 5) is 16.7. The summed E-state index contributed by atoms with van der Waals surface area (Å²) in [6, 6.07) is 0. The summed E-state index contributed by atoms with van der Waals surface area (Å²) in [5.41, 5.74) is 5.56. The van der Waals surface area contributed by atoms with Crippen LogP contribution in [-0.4, -0.2) is 55.0 Å². The maximum Gasteiger partial charge on any atom is 0.222 e. The van der Waals surface area contributed by atoms with Crippen LogP contribution in [0.15, 0.2) is 0 Å². The molecule has 1 amide bonds. The highest BCUT2D eigenvalue weighted by atomic mass is 16.2. The van der Waals surface area contributed by atoms with Gasteiger partial charge >= 0.3 is 0 Å². The lowest BCUT2D eigenvalue weighted by atomic mass is 10.1. The molecule has 1 aliphatic rings. The number of carbonyl (C=O) groups excluding carboxylic acids is 1. The highest BCUT2D eigenvalue weighted by Crippen LogP contribution is 2.09. The predicted molar refractivity (Wildman–Crippen MR) is 84.7 cm³/mol. The van der Waals surface area contributed by atoms with Crippen molar-refractivity contribution in [2.75, 3.05) is 39.3 Å². The number of carbonyl (C=O) groups is 1. The van der Waals surface area contributed by atoms with E-state index in [4.69, 9.17) is 5.73 Å². The molecule has 1 heterocycles. The third kappa shape index (κ3) is 7.25. The van der Waals surface area contributed by atoms with Crippen LogP contribution >= 0.6 is 0 Å². The standard InChI is InChI=1S/C16H33N3O/c1-2-3-4-5-6-9-16(20)19-13-8-12-18(14-15-19)11-7-10-17/h2-15,17H2,1H3. The molecule has 1 fully saturated rings. The van der Waals surface area contributed by atoms with Gasteiger partial charge in [0.1, 0.15) is 0 Å². The maximum atomic E-state index is 12.2. The van der Waals surface area contributed by atoms with E-state index < -0.39 is 0 Å². The first-order valence-corrected chi connectivity index (χ1v) is 8.48. The smallest absolute Gasteiger partial charge is 0.222 e. The lowest BCUT2D eigenvalue weighted by molar-refractivity contribution is -0.131. The lowest BCUT2D eigenvalue weighted by Crippen LogP contribution is -2.35. The van der Waals surface area contributed by atoms with E-state index in [1.54, 1.807) is 0 Å². The van der Waals surface area contributed by atoms with Crippen LogP contribution in [0.5, 0.6) is 0 Å². The molecule has 0 aromatic heterocycles. The molecule has 0 saturated carbocycles. The summed E-state index contributed by atoms with van der Waals surface area (Å²) in [5, 5.41) is 0. The van der Waals surface area contributed by atoms with E-state index >= 15 is 0 Å². The number of amides is 1. The first-order valence-electron chi connectivity index (χ1n) is 8.48. The average molecular weight is 283 g/mol. The van der Waals surface area contributed by atoms with Crippen LogP contribution in [-0.2, 0) is 4.79 Å². The molecular weight excluding hydrogens is 250 g/mol. The molecule has 0 unspecified atom stereocenters. The van der Waals surface area contributed by atoms with Crippen molar-refractivity contribution in [3.05, 3.63) is 0 Å². The Morgan fingerprint density at radius 2 is 1.80 bits per heavy atom. The zero-order valence-electron chi connectivity index (χ0n) is 13.3. The van der Waals surface area contributed by atoms with E-state index in [1.807, 2.05) is 0 Å². The van der Waals surface area contributed by atoms with Crippen molar-refractivity contribution >= 4 is 5.91 Å². The van der Waals surface area contributed by atoms with Crippen LogP contribution in [0.4, 0.5) is 0 Å². The van der Waals surface area contributed by atoms with Crippen molar-refractivity contribution in [1.29, 1.82) is 0 Å². The normalized spacial score (nSPS) is 17.2. The Hall–Kier alpha value is -0.610. The molecule has 0 bridgehead atoms. The van der Waals surface area contributed by atoms with Gasteiger partial charge in [0.15, 0.2) is 0 Å². The molecule has 20 heavy (non-hydrogen) atoms. The molecular formula is C16H33N3O. The van der Waals surface area contributed by atoms with Gasteiger partial charge in [-0.2, -0.15) is 0 Å². The Labute approximate surface area is 124 Å². The summed E-state index contributed by atoms with van der Waals surface area (Å²) < 4.78 is 0. The van der Waals surface area contributed by atoms with Gasteiger partial charge in [0.25, 0.3) is 0 Å². The summed E-state index contributed by atoms with van der Waals surface area (Å²) in [6.07, 6.45) is 9.01. The van der Waals surface area contributed by atoms with E-state index in [-0.39, 0.29) is 0 Å². The Morgan fingerprint density at radius 1 is 1.00 bits per heavy atom. The van der Waals surface area contributed by atoms with Crippen molar-refractivity contribution in [2.45, 2.75) is 58.3 Å². The highest BCUT2D eigenvalue weighted by molar-refractivity contribution is 5.76. The summed E-state index contributed by atoms with van der Waals surface area (Å²) >= 11 is 0. The van der Waals surface area contributed by atoms with Crippen LogP contribution in [0.2, 0.25) is 0 Å². The Bertz CT molecular complexity index is 258. The van der Waals surface area contributed by atoms with E-state index in [0.29, 0.717) is 5.91 Å².